The summed E-state index contributed by atoms with van der Waals surface area (Å²) in [5, 5.41) is 5.71. The number of hydrogen-bond donors (Lipinski definition) is 0. The highest BCUT2D eigenvalue weighted by Gasteiger charge is 2.32. The van der Waals surface area contributed by atoms with Crippen LogP contribution < -0.4 is 5.56 Å². The summed E-state index contributed by atoms with van der Waals surface area (Å²) < 4.78 is 24.9. The molecule has 0 amide bonds. The third-order valence-corrected chi connectivity index (χ3v) is 6.06. The number of rotatable bonds is 5. The lowest BCUT2D eigenvalue weighted by Crippen LogP contribution is -2.41. The Bertz CT molecular complexity index is 860. The van der Waals surface area contributed by atoms with Gasteiger partial charge in [-0.2, -0.15) is 5.10 Å². The van der Waals surface area contributed by atoms with Gasteiger partial charge in [-0.05, 0) is 25.5 Å². The molecule has 0 saturated carbocycles. The van der Waals surface area contributed by atoms with Gasteiger partial charge in [-0.15, -0.1) is 0 Å². The number of benzene rings is 1. The maximum atomic E-state index is 12.6. The van der Waals surface area contributed by atoms with Gasteiger partial charge in [0, 0.05) is 11.4 Å². The molecule has 1 aliphatic heterocycles. The fourth-order valence-electron chi connectivity index (χ4n) is 3.12. The molecule has 0 radical (unpaired) electrons. The Labute approximate surface area is 135 Å². The fraction of sp³-hybridized carbons (Fsp3) is 0.500. The minimum absolute atomic E-state index is 0.0277. The van der Waals surface area contributed by atoms with Crippen molar-refractivity contribution in [2.75, 3.05) is 18.1 Å². The standard InChI is InChI=1S/C16H21N3O3S/c1-2-8-18(14-7-9-23(21,22)11-14)12-19-16(20)15-6-4-3-5-13(15)10-17-19/h3-6,10,14H,2,7-9,11-12H2,1H3. The van der Waals surface area contributed by atoms with Crippen LogP contribution in [0.5, 0.6) is 0 Å². The van der Waals surface area contributed by atoms with E-state index in [0.29, 0.717) is 18.5 Å². The topological polar surface area (TPSA) is 72.3 Å². The van der Waals surface area contributed by atoms with Gasteiger partial charge in [0.05, 0.1) is 29.8 Å². The van der Waals surface area contributed by atoms with Gasteiger partial charge in [0.2, 0.25) is 0 Å². The number of fused-ring (bicyclic) bond motifs is 1. The molecule has 1 atom stereocenters. The SMILES string of the molecule is CCCN(Cn1ncc2ccccc2c1=O)C1CCS(=O)(=O)C1. The molecule has 6 nitrogen and oxygen atoms in total. The predicted octanol–water partition coefficient (Wildman–Crippen LogP) is 1.25. The third-order valence-electron chi connectivity index (χ3n) is 4.31. The molecular weight excluding hydrogens is 314 g/mol. The van der Waals surface area contributed by atoms with Crippen LogP contribution in [0, 0.1) is 0 Å². The molecule has 1 saturated heterocycles. The minimum atomic E-state index is -2.95. The Morgan fingerprint density at radius 2 is 2.13 bits per heavy atom. The monoisotopic (exact) mass is 335 g/mol. The van der Waals surface area contributed by atoms with Gasteiger partial charge in [0.15, 0.2) is 9.84 Å². The van der Waals surface area contributed by atoms with Gasteiger partial charge in [-0.3, -0.25) is 9.69 Å². The molecule has 0 aliphatic carbocycles. The molecule has 0 spiro atoms. The lowest BCUT2D eigenvalue weighted by Gasteiger charge is -2.27. The Morgan fingerprint density at radius 3 is 2.83 bits per heavy atom. The van der Waals surface area contributed by atoms with Crippen molar-refractivity contribution in [3.8, 4) is 0 Å². The molecule has 0 bridgehead atoms. The van der Waals surface area contributed by atoms with E-state index in [-0.39, 0.29) is 23.1 Å². The van der Waals surface area contributed by atoms with Crippen LogP contribution in [0.2, 0.25) is 0 Å². The largest absolute Gasteiger partial charge is 0.280 e. The van der Waals surface area contributed by atoms with E-state index < -0.39 is 9.84 Å². The smallest absolute Gasteiger partial charge is 0.275 e. The van der Waals surface area contributed by atoms with Crippen LogP contribution >= 0.6 is 0 Å². The van der Waals surface area contributed by atoms with Crippen LogP contribution in [0.4, 0.5) is 0 Å². The van der Waals surface area contributed by atoms with E-state index in [1.807, 2.05) is 25.1 Å². The highest BCUT2D eigenvalue weighted by Crippen LogP contribution is 2.18. The molecule has 1 aliphatic rings. The summed E-state index contributed by atoms with van der Waals surface area (Å²) in [6.07, 6.45) is 3.22. The Balaban J connectivity index is 1.89. The first-order valence-electron chi connectivity index (χ1n) is 7.89. The van der Waals surface area contributed by atoms with E-state index in [9.17, 15) is 13.2 Å². The lowest BCUT2D eigenvalue weighted by atomic mass is 10.2. The van der Waals surface area contributed by atoms with Crippen molar-refractivity contribution in [3.05, 3.63) is 40.8 Å². The Kier molecular flexibility index (Phi) is 4.50. The van der Waals surface area contributed by atoms with E-state index in [0.717, 1.165) is 18.4 Å². The number of sulfone groups is 1. The van der Waals surface area contributed by atoms with E-state index in [1.54, 1.807) is 12.3 Å². The molecule has 1 aromatic carbocycles. The summed E-state index contributed by atoms with van der Waals surface area (Å²) in [6.45, 7) is 3.13. The molecule has 2 aromatic rings. The Morgan fingerprint density at radius 1 is 1.35 bits per heavy atom. The summed E-state index contributed by atoms with van der Waals surface area (Å²) in [6, 6.07) is 7.34. The zero-order chi connectivity index (χ0) is 16.4. The van der Waals surface area contributed by atoms with Crippen molar-refractivity contribution < 1.29 is 8.42 Å². The van der Waals surface area contributed by atoms with Gasteiger partial charge in [0.1, 0.15) is 0 Å². The second kappa shape index (κ2) is 6.41. The molecule has 1 fully saturated rings. The minimum Gasteiger partial charge on any atom is -0.280 e. The van der Waals surface area contributed by atoms with Gasteiger partial charge in [0.25, 0.3) is 5.56 Å². The van der Waals surface area contributed by atoms with Crippen molar-refractivity contribution in [1.82, 2.24) is 14.7 Å². The first-order valence-corrected chi connectivity index (χ1v) is 9.71. The molecule has 2 heterocycles. The van der Waals surface area contributed by atoms with Crippen molar-refractivity contribution >= 4 is 20.6 Å². The van der Waals surface area contributed by atoms with Gasteiger partial charge >= 0.3 is 0 Å². The predicted molar refractivity (Wildman–Crippen MR) is 90.1 cm³/mol. The summed E-state index contributed by atoms with van der Waals surface area (Å²) in [5.41, 5.74) is -0.134. The second-order valence-corrected chi connectivity index (χ2v) is 8.28. The maximum Gasteiger partial charge on any atom is 0.275 e. The Hall–Kier alpha value is -1.73. The van der Waals surface area contributed by atoms with Crippen molar-refractivity contribution in [2.24, 2.45) is 0 Å². The first kappa shape index (κ1) is 16.1. The molecule has 3 rings (SSSR count). The van der Waals surface area contributed by atoms with Crippen molar-refractivity contribution in [2.45, 2.75) is 32.5 Å². The van der Waals surface area contributed by atoms with Gasteiger partial charge in [-0.25, -0.2) is 13.1 Å². The second-order valence-electron chi connectivity index (χ2n) is 6.05. The van der Waals surface area contributed by atoms with E-state index in [1.165, 1.54) is 4.68 Å². The first-order chi connectivity index (χ1) is 11.0. The maximum absolute atomic E-state index is 12.6. The normalized spacial score (nSPS) is 20.3. The van der Waals surface area contributed by atoms with Crippen LogP contribution in [0.25, 0.3) is 10.8 Å². The molecule has 7 heteroatoms. The van der Waals surface area contributed by atoms with Crippen LogP contribution in [0.1, 0.15) is 19.8 Å². The number of hydrogen-bond acceptors (Lipinski definition) is 5. The summed E-state index contributed by atoms with van der Waals surface area (Å²) in [5.74, 6) is 0.410. The highest BCUT2D eigenvalue weighted by atomic mass is 32.2. The van der Waals surface area contributed by atoms with Crippen LogP contribution in [0.3, 0.4) is 0 Å². The average molecular weight is 335 g/mol. The summed E-state index contributed by atoms with van der Waals surface area (Å²) in [7, 11) is -2.95. The zero-order valence-corrected chi connectivity index (χ0v) is 14.0. The van der Waals surface area contributed by atoms with Gasteiger partial charge in [-0.1, -0.05) is 25.1 Å². The van der Waals surface area contributed by atoms with Crippen LogP contribution in [-0.2, 0) is 16.5 Å². The van der Waals surface area contributed by atoms with E-state index in [4.69, 9.17) is 0 Å². The van der Waals surface area contributed by atoms with Gasteiger partial charge < -0.3 is 0 Å². The third kappa shape index (κ3) is 3.45. The zero-order valence-electron chi connectivity index (χ0n) is 13.2. The molecule has 0 N–H and O–H groups in total. The number of aromatic nitrogens is 2. The molecular formula is C16H21N3O3S. The van der Waals surface area contributed by atoms with Crippen molar-refractivity contribution in [3.63, 3.8) is 0 Å². The number of nitrogens with zero attached hydrogens (tertiary/aromatic N) is 3. The highest BCUT2D eigenvalue weighted by molar-refractivity contribution is 7.91. The average Bonchev–Trinajstić information content (AvgIpc) is 2.89. The lowest BCUT2D eigenvalue weighted by molar-refractivity contribution is 0.153. The molecule has 23 heavy (non-hydrogen) atoms. The summed E-state index contributed by atoms with van der Waals surface area (Å²) >= 11 is 0. The van der Waals surface area contributed by atoms with Crippen LogP contribution in [-0.4, -0.2) is 47.2 Å². The van der Waals surface area contributed by atoms with Crippen LogP contribution in [0.15, 0.2) is 35.3 Å². The molecule has 124 valence electrons. The van der Waals surface area contributed by atoms with E-state index in [2.05, 4.69) is 10.00 Å². The van der Waals surface area contributed by atoms with E-state index >= 15 is 0 Å². The summed E-state index contributed by atoms with van der Waals surface area (Å²) in [4.78, 5) is 14.6. The van der Waals surface area contributed by atoms with Crippen molar-refractivity contribution in [1.29, 1.82) is 0 Å². The quantitative estimate of drug-likeness (QED) is 0.822. The molecule has 1 unspecified atom stereocenters. The fourth-order valence-corrected chi connectivity index (χ4v) is 4.88. The molecule has 1 aromatic heterocycles.